The fourth-order valence-corrected chi connectivity index (χ4v) is 4.38. The van der Waals surface area contributed by atoms with Crippen LogP contribution < -0.4 is 4.72 Å². The van der Waals surface area contributed by atoms with Crippen molar-refractivity contribution in [1.29, 1.82) is 0 Å². The van der Waals surface area contributed by atoms with Crippen LogP contribution in [0.5, 0.6) is 0 Å². The van der Waals surface area contributed by atoms with Crippen molar-refractivity contribution in [3.05, 3.63) is 82.4 Å². The summed E-state index contributed by atoms with van der Waals surface area (Å²) in [6, 6.07) is 20.9. The molecule has 0 spiro atoms. The van der Waals surface area contributed by atoms with E-state index in [1.807, 2.05) is 30.3 Å². The largest absolute Gasteiger partial charge is 0.326 e. The Hall–Kier alpha value is -2.90. The molecule has 0 unspecified atom stereocenters. The van der Waals surface area contributed by atoms with Crippen LogP contribution in [0.15, 0.2) is 71.6 Å². The van der Waals surface area contributed by atoms with Gasteiger partial charge in [0.15, 0.2) is 0 Å². The second kappa shape index (κ2) is 7.38. The number of benzene rings is 3. The van der Waals surface area contributed by atoms with Gasteiger partial charge in [0, 0.05) is 28.3 Å². The zero-order chi connectivity index (χ0) is 18.8. The van der Waals surface area contributed by atoms with Crippen LogP contribution in [0.25, 0.3) is 20.8 Å². The number of aromatic nitrogens is 1. The minimum absolute atomic E-state index is 0.0863. The number of anilines is 1. The molecule has 4 aromatic rings. The van der Waals surface area contributed by atoms with Gasteiger partial charge in [0.25, 0.3) is 5.69 Å². The molecule has 0 radical (unpaired) electrons. The maximum atomic E-state index is 10.9. The molecule has 1 heterocycles. The van der Waals surface area contributed by atoms with Crippen molar-refractivity contribution in [3.63, 3.8) is 0 Å². The second-order valence-electron chi connectivity index (χ2n) is 6.03. The third-order valence-corrected chi connectivity index (χ3v) is 5.89. The first-order valence-corrected chi connectivity index (χ1v) is 9.87. The average Bonchev–Trinajstić information content (AvgIpc) is 3.10. The number of rotatable bonds is 5. The predicted octanol–water partition coefficient (Wildman–Crippen LogP) is 6.30. The second-order valence-corrected chi connectivity index (χ2v) is 7.94. The van der Waals surface area contributed by atoms with Gasteiger partial charge >= 0.3 is 0 Å². The summed E-state index contributed by atoms with van der Waals surface area (Å²) < 4.78 is 4.41. The summed E-state index contributed by atoms with van der Waals surface area (Å²) in [6.45, 7) is 2.08. The molecule has 0 bridgehead atoms. The lowest BCUT2D eigenvalue weighted by atomic mass is 10.2. The van der Waals surface area contributed by atoms with Crippen molar-refractivity contribution in [1.82, 2.24) is 4.98 Å². The topological polar surface area (TPSA) is 68.1 Å². The van der Waals surface area contributed by atoms with E-state index in [1.54, 1.807) is 23.5 Å². The Balaban J connectivity index is 1.48. The lowest BCUT2D eigenvalue weighted by molar-refractivity contribution is -0.385. The summed E-state index contributed by atoms with van der Waals surface area (Å²) in [5, 5.41) is 11.8. The molecule has 134 valence electrons. The van der Waals surface area contributed by atoms with Crippen molar-refractivity contribution < 1.29 is 4.92 Å². The smallest absolute Gasteiger partial charge is 0.270 e. The molecule has 0 saturated carbocycles. The number of nitro groups is 1. The molecular weight excluding hydrogens is 378 g/mol. The van der Waals surface area contributed by atoms with Crippen LogP contribution in [0.3, 0.4) is 0 Å². The van der Waals surface area contributed by atoms with E-state index in [0.29, 0.717) is 0 Å². The van der Waals surface area contributed by atoms with Gasteiger partial charge in [-0.15, -0.1) is 11.3 Å². The molecule has 7 heteroatoms. The summed E-state index contributed by atoms with van der Waals surface area (Å²) in [6.07, 6.45) is 0. The zero-order valence-corrected chi connectivity index (χ0v) is 16.0. The minimum Gasteiger partial charge on any atom is -0.326 e. The van der Waals surface area contributed by atoms with Crippen molar-refractivity contribution in [3.8, 4) is 10.6 Å². The first-order valence-electron chi connectivity index (χ1n) is 8.23. The first-order chi connectivity index (χ1) is 13.1. The van der Waals surface area contributed by atoms with Crippen LogP contribution >= 0.6 is 23.3 Å². The Morgan fingerprint density at radius 2 is 1.89 bits per heavy atom. The van der Waals surface area contributed by atoms with E-state index in [1.165, 1.54) is 28.3 Å². The highest BCUT2D eigenvalue weighted by Gasteiger charge is 2.08. The van der Waals surface area contributed by atoms with E-state index in [2.05, 4.69) is 29.8 Å². The highest BCUT2D eigenvalue weighted by molar-refractivity contribution is 8.00. The summed E-state index contributed by atoms with van der Waals surface area (Å²) in [5.41, 5.74) is 4.33. The highest BCUT2D eigenvalue weighted by atomic mass is 32.2. The number of non-ortho nitro benzene ring substituents is 1. The Morgan fingerprint density at radius 3 is 2.67 bits per heavy atom. The van der Waals surface area contributed by atoms with E-state index < -0.39 is 4.92 Å². The molecule has 0 aliphatic rings. The number of hydrogen-bond acceptors (Lipinski definition) is 6. The van der Waals surface area contributed by atoms with Crippen molar-refractivity contribution >= 4 is 44.9 Å². The van der Waals surface area contributed by atoms with Crippen LogP contribution in [-0.2, 0) is 0 Å². The molecule has 0 fully saturated rings. The number of nitrogens with one attached hydrogen (secondary N) is 1. The Morgan fingerprint density at radius 1 is 1.07 bits per heavy atom. The molecule has 0 amide bonds. The molecule has 3 aromatic carbocycles. The lowest BCUT2D eigenvalue weighted by Crippen LogP contribution is -1.90. The molecule has 0 atom stereocenters. The van der Waals surface area contributed by atoms with Gasteiger partial charge in [0.2, 0.25) is 0 Å². The van der Waals surface area contributed by atoms with E-state index in [0.717, 1.165) is 26.7 Å². The molecule has 27 heavy (non-hydrogen) atoms. The number of thiazole rings is 1. The van der Waals surface area contributed by atoms with Crippen LogP contribution in [0, 0.1) is 17.0 Å². The molecule has 0 saturated heterocycles. The minimum atomic E-state index is -0.391. The van der Waals surface area contributed by atoms with Crippen LogP contribution in [0.4, 0.5) is 11.4 Å². The monoisotopic (exact) mass is 393 g/mol. The number of nitrogens with zero attached hydrogens (tertiary/aromatic N) is 2. The quantitative estimate of drug-likeness (QED) is 0.245. The molecular formula is C20H15N3O2S2. The molecule has 5 nitrogen and oxygen atoms in total. The first kappa shape index (κ1) is 17.5. The number of hydrogen-bond donors (Lipinski definition) is 1. The van der Waals surface area contributed by atoms with Gasteiger partial charge in [-0.1, -0.05) is 12.1 Å². The van der Waals surface area contributed by atoms with Gasteiger partial charge in [-0.2, -0.15) is 0 Å². The summed E-state index contributed by atoms with van der Waals surface area (Å²) in [7, 11) is 0. The fourth-order valence-electron chi connectivity index (χ4n) is 2.61. The van der Waals surface area contributed by atoms with Gasteiger partial charge in [0.1, 0.15) is 5.01 Å². The number of fused-ring (bicyclic) bond motifs is 1. The number of nitro benzene ring substituents is 1. The van der Waals surface area contributed by atoms with E-state index in [-0.39, 0.29) is 5.69 Å². The van der Waals surface area contributed by atoms with Gasteiger partial charge < -0.3 is 4.72 Å². The summed E-state index contributed by atoms with van der Waals surface area (Å²) >= 11 is 3.03. The van der Waals surface area contributed by atoms with E-state index >= 15 is 0 Å². The van der Waals surface area contributed by atoms with Crippen LogP contribution in [0.1, 0.15) is 5.56 Å². The standard InChI is InChI=1S/C20H15N3O2S2/c1-13-5-10-18-19(11-13)26-20(21-18)14-6-8-15(9-7-14)22-27-17-4-2-3-16(12-17)23(24)25/h2-12,22H,1H3. The molecule has 4 rings (SSSR count). The zero-order valence-electron chi connectivity index (χ0n) is 14.4. The maximum Gasteiger partial charge on any atom is 0.270 e. The average molecular weight is 393 g/mol. The number of aryl methyl sites for hydroxylation is 1. The van der Waals surface area contributed by atoms with Gasteiger partial charge in [0.05, 0.1) is 15.1 Å². The molecule has 0 aliphatic heterocycles. The van der Waals surface area contributed by atoms with Gasteiger partial charge in [-0.25, -0.2) is 4.98 Å². The van der Waals surface area contributed by atoms with E-state index in [9.17, 15) is 10.1 Å². The molecule has 0 aliphatic carbocycles. The van der Waals surface area contributed by atoms with E-state index in [4.69, 9.17) is 4.98 Å². The summed E-state index contributed by atoms with van der Waals surface area (Å²) in [5.74, 6) is 0. The van der Waals surface area contributed by atoms with Gasteiger partial charge in [-0.3, -0.25) is 10.1 Å². The lowest BCUT2D eigenvalue weighted by Gasteiger charge is -2.06. The Kier molecular flexibility index (Phi) is 4.79. The van der Waals surface area contributed by atoms with Gasteiger partial charge in [-0.05, 0) is 66.9 Å². The molecule has 1 aromatic heterocycles. The SMILES string of the molecule is Cc1ccc2nc(-c3ccc(NSc4cccc([N+](=O)[O-])c4)cc3)sc2c1. The third-order valence-electron chi connectivity index (χ3n) is 3.99. The maximum absolute atomic E-state index is 10.9. The Labute approximate surface area is 164 Å². The fraction of sp³-hybridized carbons (Fsp3) is 0.0500. The van der Waals surface area contributed by atoms with Crippen molar-refractivity contribution in [2.24, 2.45) is 0 Å². The third kappa shape index (κ3) is 3.94. The van der Waals surface area contributed by atoms with Crippen LogP contribution in [0.2, 0.25) is 0 Å². The normalized spacial score (nSPS) is 10.9. The highest BCUT2D eigenvalue weighted by Crippen LogP contribution is 2.32. The predicted molar refractivity (Wildman–Crippen MR) is 112 cm³/mol. The van der Waals surface area contributed by atoms with Crippen molar-refractivity contribution in [2.75, 3.05) is 4.72 Å². The van der Waals surface area contributed by atoms with Crippen molar-refractivity contribution in [2.45, 2.75) is 11.8 Å². The Bertz CT molecular complexity index is 1120. The van der Waals surface area contributed by atoms with Crippen LogP contribution in [-0.4, -0.2) is 9.91 Å². The summed E-state index contributed by atoms with van der Waals surface area (Å²) in [4.78, 5) is 16.0. The molecule has 1 N–H and O–H groups in total.